The van der Waals surface area contributed by atoms with Crippen molar-refractivity contribution in [2.45, 2.75) is 19.4 Å². The smallest absolute Gasteiger partial charge is 0.347 e. The van der Waals surface area contributed by atoms with E-state index < -0.39 is 12.1 Å². The number of esters is 1. The maximum atomic E-state index is 11.1. The van der Waals surface area contributed by atoms with Crippen molar-refractivity contribution in [3.8, 4) is 0 Å². The van der Waals surface area contributed by atoms with Gasteiger partial charge < -0.3 is 14.6 Å². The maximum absolute atomic E-state index is 11.1. The van der Waals surface area contributed by atoms with Crippen molar-refractivity contribution in [1.82, 2.24) is 4.72 Å². The molecule has 0 aliphatic rings. The van der Waals surface area contributed by atoms with Gasteiger partial charge in [0.25, 0.3) is 5.17 Å². The molecule has 0 aliphatic heterocycles. The monoisotopic (exact) mass is 239 g/mol. The van der Waals surface area contributed by atoms with Gasteiger partial charge in [-0.3, -0.25) is 4.72 Å². The zero-order valence-electron chi connectivity index (χ0n) is 7.73. The van der Waals surface area contributed by atoms with Crippen LogP contribution in [0.15, 0.2) is 0 Å². The van der Waals surface area contributed by atoms with Crippen molar-refractivity contribution in [2.75, 3.05) is 13.2 Å². The lowest BCUT2D eigenvalue weighted by Gasteiger charge is -2.13. The van der Waals surface area contributed by atoms with E-state index in [1.807, 2.05) is 0 Å². The van der Waals surface area contributed by atoms with Gasteiger partial charge in [-0.2, -0.15) is 0 Å². The fourth-order valence-electron chi connectivity index (χ4n) is 0.590. The molecule has 0 rings (SSSR count). The van der Waals surface area contributed by atoms with Crippen molar-refractivity contribution >= 4 is 36.2 Å². The van der Waals surface area contributed by atoms with Gasteiger partial charge >= 0.3 is 5.97 Å². The predicted octanol–water partition coefficient (Wildman–Crippen LogP) is 0.0364. The normalized spacial score (nSPS) is 11.6. The largest absolute Gasteiger partial charge is 0.463 e. The van der Waals surface area contributed by atoms with Gasteiger partial charge in [0, 0.05) is 13.0 Å². The summed E-state index contributed by atoms with van der Waals surface area (Å²) < 4.78 is 11.9. The number of aliphatic hydroxyl groups is 1. The molecule has 0 aromatic rings. The van der Waals surface area contributed by atoms with E-state index in [1.54, 1.807) is 0 Å². The second kappa shape index (κ2) is 7.84. The minimum absolute atomic E-state index is 0.0138. The van der Waals surface area contributed by atoms with Crippen molar-refractivity contribution in [3.63, 3.8) is 0 Å². The highest BCUT2D eigenvalue weighted by Gasteiger charge is 2.16. The summed E-state index contributed by atoms with van der Waals surface area (Å²) in [5.41, 5.74) is 0. The molecule has 0 saturated heterocycles. The summed E-state index contributed by atoms with van der Waals surface area (Å²) in [5.74, 6) is -0.524. The molecule has 7 heteroatoms. The second-order valence-electron chi connectivity index (χ2n) is 2.40. The molecule has 0 aromatic carbocycles. The van der Waals surface area contributed by atoms with E-state index in [0.29, 0.717) is 6.42 Å². The van der Waals surface area contributed by atoms with Crippen molar-refractivity contribution < 1.29 is 19.4 Å². The highest BCUT2D eigenvalue weighted by molar-refractivity contribution is 7.84. The number of aliphatic hydroxyl groups excluding tert-OH is 1. The molecule has 0 spiro atoms. The molecule has 0 radical (unpaired) electrons. The first-order valence-corrected chi connectivity index (χ1v) is 4.85. The van der Waals surface area contributed by atoms with Crippen LogP contribution in [-0.2, 0) is 14.3 Å². The number of rotatable bonds is 5. The Balaban J connectivity index is 3.70. The number of carbonyl (C=O) groups excluding carboxylic acids is 1. The highest BCUT2D eigenvalue weighted by Crippen LogP contribution is 1.96. The molecule has 0 saturated carbocycles. The molecule has 0 aromatic heterocycles. The van der Waals surface area contributed by atoms with E-state index in [2.05, 4.69) is 29.8 Å². The van der Waals surface area contributed by atoms with Gasteiger partial charge in [-0.15, -0.1) is 0 Å². The topological polar surface area (TPSA) is 67.8 Å². The molecule has 5 nitrogen and oxygen atoms in total. The molecule has 82 valence electrons. The Hall–Kier alpha value is -0.530. The maximum Gasteiger partial charge on any atom is 0.347 e. The van der Waals surface area contributed by atoms with Gasteiger partial charge in [0.05, 0.1) is 6.61 Å². The Morgan fingerprint density at radius 1 is 1.71 bits per heavy atom. The van der Waals surface area contributed by atoms with E-state index in [1.165, 1.54) is 6.92 Å². The Bertz CT molecular complexity index is 200. The minimum Gasteiger partial charge on any atom is -0.463 e. The molecule has 14 heavy (non-hydrogen) atoms. The molecule has 0 aliphatic carbocycles. The van der Waals surface area contributed by atoms with Gasteiger partial charge in [-0.25, -0.2) is 4.79 Å². The van der Waals surface area contributed by atoms with Crippen LogP contribution in [0, 0.1) is 0 Å². The van der Waals surface area contributed by atoms with E-state index in [0.717, 1.165) is 0 Å². The summed E-state index contributed by atoms with van der Waals surface area (Å²) in [4.78, 5) is 11.1. The lowest BCUT2D eigenvalue weighted by molar-refractivity contribution is -0.151. The fraction of sp³-hybridized carbons (Fsp3) is 0.714. The number of nitrogens with one attached hydrogen (secondary N) is 1. The van der Waals surface area contributed by atoms with Crippen LogP contribution in [-0.4, -0.2) is 35.6 Å². The number of hydrogen-bond acceptors (Lipinski definition) is 6. The molecule has 0 fully saturated rings. The summed E-state index contributed by atoms with van der Waals surface area (Å²) in [7, 11) is 0. The molecule has 2 N–H and O–H groups in total. The van der Waals surface area contributed by atoms with E-state index in [9.17, 15) is 4.79 Å². The average molecular weight is 239 g/mol. The summed E-state index contributed by atoms with van der Waals surface area (Å²) in [6.45, 7) is 1.67. The van der Waals surface area contributed by atoms with E-state index in [-0.39, 0.29) is 18.4 Å². The minimum atomic E-state index is -0.777. The van der Waals surface area contributed by atoms with Crippen LogP contribution in [0.25, 0.3) is 0 Å². The van der Waals surface area contributed by atoms with Crippen LogP contribution in [0.4, 0.5) is 0 Å². The third-order valence-corrected chi connectivity index (χ3v) is 1.81. The summed E-state index contributed by atoms with van der Waals surface area (Å²) in [5, 5.41) is 8.45. The Kier molecular flexibility index (Phi) is 7.54. The Morgan fingerprint density at radius 2 is 2.36 bits per heavy atom. The second-order valence-corrected chi connectivity index (χ2v) is 3.00. The molecule has 0 heterocycles. The van der Waals surface area contributed by atoms with Crippen LogP contribution in [0.1, 0.15) is 13.3 Å². The quantitative estimate of drug-likeness (QED) is 0.272. The lowest BCUT2D eigenvalue weighted by atomic mass is 10.4. The molecular weight excluding hydrogens is 226 g/mol. The van der Waals surface area contributed by atoms with Gasteiger partial charge in [-0.1, -0.05) is 12.8 Å². The third kappa shape index (κ3) is 6.01. The number of ether oxygens (including phenoxy) is 2. The van der Waals surface area contributed by atoms with Crippen LogP contribution in [0.5, 0.6) is 0 Å². The summed E-state index contributed by atoms with van der Waals surface area (Å²) >= 11 is 8.27. The van der Waals surface area contributed by atoms with Crippen LogP contribution >= 0.6 is 25.0 Å². The third-order valence-electron chi connectivity index (χ3n) is 1.25. The summed E-state index contributed by atoms with van der Waals surface area (Å²) in [6, 6.07) is 0. The van der Waals surface area contributed by atoms with Crippen molar-refractivity contribution in [2.24, 2.45) is 0 Å². The highest BCUT2D eigenvalue weighted by atomic mass is 32.1. The number of thiocarbonyl (C=S) groups is 1. The summed E-state index contributed by atoms with van der Waals surface area (Å²) in [6.07, 6.45) is -0.367. The van der Waals surface area contributed by atoms with Gasteiger partial charge in [0.2, 0.25) is 0 Å². The van der Waals surface area contributed by atoms with E-state index in [4.69, 9.17) is 14.6 Å². The Morgan fingerprint density at radius 3 is 2.86 bits per heavy atom. The van der Waals surface area contributed by atoms with Crippen molar-refractivity contribution in [3.05, 3.63) is 0 Å². The van der Waals surface area contributed by atoms with Gasteiger partial charge in [-0.05, 0) is 19.1 Å². The average Bonchev–Trinajstić information content (AvgIpc) is 2.17. The van der Waals surface area contributed by atoms with E-state index >= 15 is 0 Å². The first-order chi connectivity index (χ1) is 6.61. The van der Waals surface area contributed by atoms with Crippen molar-refractivity contribution in [1.29, 1.82) is 0 Å². The van der Waals surface area contributed by atoms with Crippen LogP contribution in [0.2, 0.25) is 0 Å². The molecule has 1 atom stereocenters. The van der Waals surface area contributed by atoms with Gasteiger partial charge in [0.15, 0.2) is 6.10 Å². The first-order valence-electron chi connectivity index (χ1n) is 4.00. The molecule has 1 unspecified atom stereocenters. The fourth-order valence-corrected chi connectivity index (χ4v) is 0.787. The van der Waals surface area contributed by atoms with Gasteiger partial charge in [0.1, 0.15) is 0 Å². The standard InChI is InChI=1S/C7H13NO4S2/c1-5(12-7(13)8-14)6(10)11-4-2-3-9/h5,9,14H,2-4H2,1H3,(H,8,13). The van der Waals surface area contributed by atoms with Crippen LogP contribution in [0.3, 0.4) is 0 Å². The zero-order chi connectivity index (χ0) is 11.0. The van der Waals surface area contributed by atoms with Crippen LogP contribution < -0.4 is 4.72 Å². The SMILES string of the molecule is CC(OC(=S)NS)C(=O)OCCCO. The lowest BCUT2D eigenvalue weighted by Crippen LogP contribution is -2.29. The first kappa shape index (κ1) is 13.5. The molecule has 0 bridgehead atoms. The number of hydrogen-bond donors (Lipinski definition) is 3. The number of thiol groups is 1. The molecule has 0 amide bonds. The zero-order valence-corrected chi connectivity index (χ0v) is 9.44. The number of carbonyl (C=O) groups is 1. The predicted molar refractivity (Wildman–Crippen MR) is 57.9 cm³/mol. The Labute approximate surface area is 93.3 Å². The molecular formula is C7H13NO4S2.